The van der Waals surface area contributed by atoms with Crippen LogP contribution in [0.2, 0.25) is 0 Å². The Kier molecular flexibility index (Phi) is 6.67. The molecular formula is C12H21N3O2S. The van der Waals surface area contributed by atoms with Crippen LogP contribution in [0.3, 0.4) is 0 Å². The Morgan fingerprint density at radius 3 is 2.89 bits per heavy atom. The summed E-state index contributed by atoms with van der Waals surface area (Å²) in [5.41, 5.74) is 2.78. The summed E-state index contributed by atoms with van der Waals surface area (Å²) >= 11 is 1.55. The van der Waals surface area contributed by atoms with Crippen molar-refractivity contribution in [1.82, 2.24) is 15.6 Å². The summed E-state index contributed by atoms with van der Waals surface area (Å²) in [6.07, 6.45) is 1.32. The fourth-order valence-electron chi connectivity index (χ4n) is 1.60. The number of carbonyl (C=O) groups is 1. The highest BCUT2D eigenvalue weighted by Gasteiger charge is 2.14. The summed E-state index contributed by atoms with van der Waals surface area (Å²) in [5, 5.41) is 16.6. The number of thiazole rings is 1. The lowest BCUT2D eigenvalue weighted by molar-refractivity contribution is 0.219. The van der Waals surface area contributed by atoms with Crippen LogP contribution in [0.15, 0.2) is 10.9 Å². The maximum absolute atomic E-state index is 11.6. The summed E-state index contributed by atoms with van der Waals surface area (Å²) in [7, 11) is 0. The molecule has 1 heterocycles. The number of hydrogen-bond acceptors (Lipinski definition) is 4. The first-order chi connectivity index (χ1) is 8.63. The number of rotatable bonds is 7. The molecule has 102 valence electrons. The molecule has 0 spiro atoms. The molecule has 0 saturated heterocycles. The third kappa shape index (κ3) is 5.46. The lowest BCUT2D eigenvalue weighted by Gasteiger charge is -2.21. The lowest BCUT2D eigenvalue weighted by atomic mass is 10.0. The van der Waals surface area contributed by atoms with Gasteiger partial charge in [-0.15, -0.1) is 11.3 Å². The van der Waals surface area contributed by atoms with Crippen molar-refractivity contribution < 1.29 is 9.90 Å². The van der Waals surface area contributed by atoms with E-state index in [9.17, 15) is 4.79 Å². The van der Waals surface area contributed by atoms with E-state index in [0.717, 1.165) is 12.1 Å². The molecule has 0 aromatic carbocycles. The molecule has 3 N–H and O–H groups in total. The predicted molar refractivity (Wildman–Crippen MR) is 72.7 cm³/mol. The zero-order valence-electron chi connectivity index (χ0n) is 10.8. The van der Waals surface area contributed by atoms with Crippen molar-refractivity contribution in [2.75, 3.05) is 13.2 Å². The summed E-state index contributed by atoms with van der Waals surface area (Å²) in [4.78, 5) is 15.8. The smallest absolute Gasteiger partial charge is 0.315 e. The molecule has 18 heavy (non-hydrogen) atoms. The normalized spacial score (nSPS) is 12.4. The highest BCUT2D eigenvalue weighted by Crippen LogP contribution is 2.05. The molecule has 1 aromatic rings. The zero-order chi connectivity index (χ0) is 13.4. The molecule has 5 nitrogen and oxygen atoms in total. The van der Waals surface area contributed by atoms with Gasteiger partial charge in [0.15, 0.2) is 0 Å². The van der Waals surface area contributed by atoms with Gasteiger partial charge in [-0.25, -0.2) is 9.78 Å². The van der Waals surface area contributed by atoms with Gasteiger partial charge in [0.1, 0.15) is 0 Å². The monoisotopic (exact) mass is 271 g/mol. The van der Waals surface area contributed by atoms with E-state index in [0.29, 0.717) is 18.9 Å². The first kappa shape index (κ1) is 14.9. The Hall–Kier alpha value is -1.14. The number of nitrogens with zero attached hydrogens (tertiary/aromatic N) is 1. The quantitative estimate of drug-likeness (QED) is 0.701. The summed E-state index contributed by atoms with van der Waals surface area (Å²) in [6, 6.07) is -0.174. The van der Waals surface area contributed by atoms with Crippen LogP contribution in [0.4, 0.5) is 4.79 Å². The van der Waals surface area contributed by atoms with Gasteiger partial charge in [-0.3, -0.25) is 0 Å². The summed E-state index contributed by atoms with van der Waals surface area (Å²) in [5.74, 6) is 0.307. The molecular weight excluding hydrogens is 250 g/mol. The fourth-order valence-corrected chi connectivity index (χ4v) is 2.19. The Balaban J connectivity index is 2.23. The Morgan fingerprint density at radius 1 is 1.56 bits per heavy atom. The maximum atomic E-state index is 11.6. The average molecular weight is 271 g/mol. The highest BCUT2D eigenvalue weighted by molar-refractivity contribution is 7.07. The molecule has 1 rings (SSSR count). The van der Waals surface area contributed by atoms with Crippen molar-refractivity contribution in [2.45, 2.75) is 32.7 Å². The molecule has 0 saturated carbocycles. The van der Waals surface area contributed by atoms with Crippen molar-refractivity contribution in [3.05, 3.63) is 16.6 Å². The number of urea groups is 1. The van der Waals surface area contributed by atoms with Gasteiger partial charge in [-0.05, 0) is 12.3 Å². The number of amides is 2. The minimum absolute atomic E-state index is 0.00859. The van der Waals surface area contributed by atoms with Gasteiger partial charge in [0.2, 0.25) is 0 Å². The van der Waals surface area contributed by atoms with E-state index in [1.54, 1.807) is 16.8 Å². The predicted octanol–water partition coefficient (Wildman–Crippen LogP) is 1.39. The molecule has 0 aliphatic carbocycles. The number of aliphatic hydroxyl groups excluding tert-OH is 1. The van der Waals surface area contributed by atoms with Crippen LogP contribution >= 0.6 is 11.3 Å². The van der Waals surface area contributed by atoms with Gasteiger partial charge in [0, 0.05) is 31.0 Å². The molecule has 1 aromatic heterocycles. The van der Waals surface area contributed by atoms with Crippen LogP contribution in [0.5, 0.6) is 0 Å². The van der Waals surface area contributed by atoms with Gasteiger partial charge in [-0.2, -0.15) is 0 Å². The third-order valence-electron chi connectivity index (χ3n) is 2.71. The maximum Gasteiger partial charge on any atom is 0.315 e. The largest absolute Gasteiger partial charge is 0.396 e. The first-order valence-corrected chi connectivity index (χ1v) is 7.10. The van der Waals surface area contributed by atoms with E-state index >= 15 is 0 Å². The van der Waals surface area contributed by atoms with E-state index in [1.165, 1.54) is 0 Å². The summed E-state index contributed by atoms with van der Waals surface area (Å²) < 4.78 is 0. The van der Waals surface area contributed by atoms with E-state index in [-0.39, 0.29) is 18.7 Å². The fraction of sp³-hybridized carbons (Fsp3) is 0.667. The van der Waals surface area contributed by atoms with Crippen molar-refractivity contribution in [3.63, 3.8) is 0 Å². The van der Waals surface area contributed by atoms with Gasteiger partial charge in [0.25, 0.3) is 0 Å². The molecule has 2 amide bonds. The number of aliphatic hydroxyl groups is 1. The van der Waals surface area contributed by atoms with Crippen LogP contribution < -0.4 is 10.6 Å². The number of carbonyl (C=O) groups excluding carboxylic acids is 1. The van der Waals surface area contributed by atoms with Crippen LogP contribution in [0.25, 0.3) is 0 Å². The molecule has 1 unspecified atom stereocenters. The molecule has 0 aliphatic rings. The number of nitrogens with one attached hydrogen (secondary N) is 2. The second kappa shape index (κ2) is 8.05. The third-order valence-corrected chi connectivity index (χ3v) is 3.35. The molecule has 6 heteroatoms. The van der Waals surface area contributed by atoms with Gasteiger partial charge in [0.05, 0.1) is 11.2 Å². The van der Waals surface area contributed by atoms with Crippen molar-refractivity contribution in [3.8, 4) is 0 Å². The molecule has 1 atom stereocenters. The zero-order valence-corrected chi connectivity index (χ0v) is 11.7. The Labute approximate surface area is 112 Å². The van der Waals surface area contributed by atoms with E-state index < -0.39 is 0 Å². The minimum Gasteiger partial charge on any atom is -0.396 e. The molecule has 0 radical (unpaired) electrons. The van der Waals surface area contributed by atoms with Crippen LogP contribution in [-0.2, 0) is 6.42 Å². The van der Waals surface area contributed by atoms with Crippen LogP contribution in [0, 0.1) is 5.92 Å². The number of aromatic nitrogens is 1. The first-order valence-electron chi connectivity index (χ1n) is 6.15. The van der Waals surface area contributed by atoms with Gasteiger partial charge < -0.3 is 15.7 Å². The SMILES string of the molecule is CC(C)C(CCO)NC(=O)NCCc1cscn1. The molecule has 0 fully saturated rings. The Morgan fingerprint density at radius 2 is 2.33 bits per heavy atom. The van der Waals surface area contributed by atoms with Crippen molar-refractivity contribution in [2.24, 2.45) is 5.92 Å². The van der Waals surface area contributed by atoms with E-state index in [2.05, 4.69) is 15.6 Å². The minimum atomic E-state index is -0.183. The summed E-state index contributed by atoms with van der Waals surface area (Å²) in [6.45, 7) is 4.70. The molecule has 0 bridgehead atoms. The topological polar surface area (TPSA) is 74.2 Å². The Bertz CT molecular complexity index is 341. The lowest BCUT2D eigenvalue weighted by Crippen LogP contribution is -2.45. The van der Waals surface area contributed by atoms with Crippen LogP contribution in [0.1, 0.15) is 26.0 Å². The van der Waals surface area contributed by atoms with Gasteiger partial charge >= 0.3 is 6.03 Å². The van der Waals surface area contributed by atoms with Crippen molar-refractivity contribution in [1.29, 1.82) is 0 Å². The molecule has 0 aliphatic heterocycles. The van der Waals surface area contributed by atoms with Gasteiger partial charge in [-0.1, -0.05) is 13.8 Å². The average Bonchev–Trinajstić information content (AvgIpc) is 2.81. The second-order valence-corrected chi connectivity index (χ2v) is 5.21. The number of hydrogen-bond donors (Lipinski definition) is 3. The highest BCUT2D eigenvalue weighted by atomic mass is 32.1. The second-order valence-electron chi connectivity index (χ2n) is 4.49. The van der Waals surface area contributed by atoms with Crippen molar-refractivity contribution >= 4 is 17.4 Å². The van der Waals surface area contributed by atoms with E-state index in [4.69, 9.17) is 5.11 Å². The van der Waals surface area contributed by atoms with E-state index in [1.807, 2.05) is 19.2 Å². The standard InChI is InChI=1S/C12H21N3O2S/c1-9(2)11(4-6-16)15-12(17)13-5-3-10-7-18-8-14-10/h7-9,11,16H,3-6H2,1-2H3,(H2,13,15,17). The van der Waals surface area contributed by atoms with Crippen LogP contribution in [-0.4, -0.2) is 35.3 Å².